The molecule has 6 heteroatoms. The molecule has 22 heavy (non-hydrogen) atoms. The molecule has 0 unspecified atom stereocenters. The molecule has 3 N–H and O–H groups in total. The summed E-state index contributed by atoms with van der Waals surface area (Å²) >= 11 is 0. The Bertz CT molecular complexity index is 483. The predicted molar refractivity (Wildman–Crippen MR) is 82.4 cm³/mol. The van der Waals surface area contributed by atoms with Crippen molar-refractivity contribution in [1.82, 2.24) is 5.48 Å². The van der Waals surface area contributed by atoms with Gasteiger partial charge in [-0.15, -0.1) is 0 Å². The Labute approximate surface area is 130 Å². The van der Waals surface area contributed by atoms with Crippen LogP contribution < -0.4 is 11.2 Å². The number of nitrogens with one attached hydrogen (secondary N) is 1. The number of esters is 1. The standard InChI is InChI=1S/C16H24N2O4/c1-16(2,3)22-18-13(15(17)20)9-10-14(19)21-11-12-7-5-4-6-8-12/h4-8,13,18H,9-11H2,1-3H3,(H2,17,20)/t13-/m1/s1. The van der Waals surface area contributed by atoms with E-state index in [0.717, 1.165) is 5.56 Å². The zero-order valence-electron chi connectivity index (χ0n) is 13.3. The van der Waals surface area contributed by atoms with Crippen molar-refractivity contribution in [3.8, 4) is 0 Å². The summed E-state index contributed by atoms with van der Waals surface area (Å²) in [6.45, 7) is 5.73. The highest BCUT2D eigenvalue weighted by Gasteiger charge is 2.20. The molecular weight excluding hydrogens is 284 g/mol. The number of carbonyl (C=O) groups excluding carboxylic acids is 2. The van der Waals surface area contributed by atoms with Crippen LogP contribution in [-0.2, 0) is 25.8 Å². The first-order valence-corrected chi connectivity index (χ1v) is 7.20. The van der Waals surface area contributed by atoms with Gasteiger partial charge in [0.2, 0.25) is 5.91 Å². The maximum atomic E-state index is 11.7. The van der Waals surface area contributed by atoms with E-state index in [4.69, 9.17) is 15.3 Å². The Morgan fingerprint density at radius 3 is 2.41 bits per heavy atom. The topological polar surface area (TPSA) is 90.7 Å². The van der Waals surface area contributed by atoms with Gasteiger partial charge in [-0.1, -0.05) is 30.3 Å². The van der Waals surface area contributed by atoms with Crippen molar-refractivity contribution in [2.24, 2.45) is 5.73 Å². The molecule has 0 bridgehead atoms. The van der Waals surface area contributed by atoms with Crippen LogP contribution in [0.2, 0.25) is 0 Å². The highest BCUT2D eigenvalue weighted by Crippen LogP contribution is 2.08. The van der Waals surface area contributed by atoms with Gasteiger partial charge < -0.3 is 10.5 Å². The van der Waals surface area contributed by atoms with Crippen LogP contribution in [0, 0.1) is 0 Å². The number of rotatable bonds is 8. The van der Waals surface area contributed by atoms with E-state index in [2.05, 4.69) is 5.48 Å². The van der Waals surface area contributed by atoms with Crippen LogP contribution in [-0.4, -0.2) is 23.5 Å². The van der Waals surface area contributed by atoms with Crippen molar-refractivity contribution in [2.75, 3.05) is 0 Å². The number of primary amides is 1. The molecule has 0 heterocycles. The molecule has 0 aromatic heterocycles. The minimum Gasteiger partial charge on any atom is -0.461 e. The fourth-order valence-electron chi connectivity index (χ4n) is 1.58. The molecule has 0 saturated heterocycles. The van der Waals surface area contributed by atoms with Crippen molar-refractivity contribution >= 4 is 11.9 Å². The second-order valence-corrected chi connectivity index (χ2v) is 5.97. The Balaban J connectivity index is 2.34. The predicted octanol–water partition coefficient (Wildman–Crippen LogP) is 1.68. The third-order valence-electron chi connectivity index (χ3n) is 2.73. The molecule has 122 valence electrons. The first kappa shape index (κ1) is 18.1. The fourth-order valence-corrected chi connectivity index (χ4v) is 1.58. The minimum atomic E-state index is -0.733. The summed E-state index contributed by atoms with van der Waals surface area (Å²) in [7, 11) is 0. The van der Waals surface area contributed by atoms with E-state index in [9.17, 15) is 9.59 Å². The summed E-state index contributed by atoms with van der Waals surface area (Å²) in [5.41, 5.74) is 8.35. The lowest BCUT2D eigenvalue weighted by atomic mass is 10.1. The van der Waals surface area contributed by atoms with Gasteiger partial charge in [0.05, 0.1) is 5.60 Å². The third kappa shape index (κ3) is 7.75. The number of benzene rings is 1. The lowest BCUT2D eigenvalue weighted by molar-refractivity contribution is -0.146. The van der Waals surface area contributed by atoms with E-state index in [1.165, 1.54) is 0 Å². The summed E-state index contributed by atoms with van der Waals surface area (Å²) in [5.74, 6) is -0.951. The minimum absolute atomic E-state index is 0.0843. The summed E-state index contributed by atoms with van der Waals surface area (Å²) in [5, 5.41) is 0. The molecule has 0 radical (unpaired) electrons. The van der Waals surface area contributed by atoms with Gasteiger partial charge in [-0.2, -0.15) is 5.48 Å². The number of ether oxygens (including phenoxy) is 1. The van der Waals surface area contributed by atoms with Crippen LogP contribution in [0.1, 0.15) is 39.2 Å². The normalized spacial score (nSPS) is 12.7. The summed E-state index contributed by atoms with van der Waals surface area (Å²) < 4.78 is 5.14. The lowest BCUT2D eigenvalue weighted by Gasteiger charge is -2.23. The van der Waals surface area contributed by atoms with Gasteiger partial charge in [-0.25, -0.2) is 0 Å². The maximum absolute atomic E-state index is 11.7. The SMILES string of the molecule is CC(C)(C)ON[C@H](CCC(=O)OCc1ccccc1)C(N)=O. The van der Waals surface area contributed by atoms with Crippen LogP contribution in [0.3, 0.4) is 0 Å². The van der Waals surface area contributed by atoms with Crippen LogP contribution in [0.4, 0.5) is 0 Å². The van der Waals surface area contributed by atoms with Crippen LogP contribution in [0.5, 0.6) is 0 Å². The quantitative estimate of drug-likeness (QED) is 0.563. The molecule has 0 aliphatic carbocycles. The zero-order chi connectivity index (χ0) is 16.6. The molecular formula is C16H24N2O4. The van der Waals surface area contributed by atoms with E-state index < -0.39 is 17.6 Å². The molecule has 0 spiro atoms. The van der Waals surface area contributed by atoms with E-state index in [1.807, 2.05) is 51.1 Å². The monoisotopic (exact) mass is 308 g/mol. The van der Waals surface area contributed by atoms with Crippen LogP contribution in [0.25, 0.3) is 0 Å². The molecule has 6 nitrogen and oxygen atoms in total. The molecule has 1 amide bonds. The zero-order valence-corrected chi connectivity index (χ0v) is 13.3. The first-order valence-electron chi connectivity index (χ1n) is 7.20. The maximum Gasteiger partial charge on any atom is 0.306 e. The van der Waals surface area contributed by atoms with Crippen molar-refractivity contribution in [2.45, 2.75) is 51.9 Å². The summed E-state index contributed by atoms with van der Waals surface area (Å²) in [4.78, 5) is 28.3. The van der Waals surface area contributed by atoms with Gasteiger partial charge in [0.25, 0.3) is 0 Å². The fraction of sp³-hybridized carbons (Fsp3) is 0.500. The summed E-state index contributed by atoms with van der Waals surface area (Å²) in [6.07, 6.45) is 0.306. The number of nitrogens with two attached hydrogens (primary N) is 1. The highest BCUT2D eigenvalue weighted by molar-refractivity contribution is 5.80. The van der Waals surface area contributed by atoms with Crippen molar-refractivity contribution < 1.29 is 19.2 Å². The average Bonchev–Trinajstić information content (AvgIpc) is 2.44. The smallest absolute Gasteiger partial charge is 0.306 e. The molecule has 0 saturated carbocycles. The number of carbonyl (C=O) groups is 2. The Morgan fingerprint density at radius 2 is 1.86 bits per heavy atom. The van der Waals surface area contributed by atoms with Gasteiger partial charge in [0, 0.05) is 6.42 Å². The Hall–Kier alpha value is -1.92. The molecule has 0 aliphatic heterocycles. The number of hydrogen-bond donors (Lipinski definition) is 2. The van der Waals surface area contributed by atoms with Gasteiger partial charge in [-0.3, -0.25) is 14.4 Å². The average molecular weight is 308 g/mol. The van der Waals surface area contributed by atoms with Gasteiger partial charge in [0.15, 0.2) is 0 Å². The van der Waals surface area contributed by atoms with Gasteiger partial charge >= 0.3 is 5.97 Å². The number of hydroxylamine groups is 1. The van der Waals surface area contributed by atoms with Crippen molar-refractivity contribution in [1.29, 1.82) is 0 Å². The van der Waals surface area contributed by atoms with Crippen molar-refractivity contribution in [3.63, 3.8) is 0 Å². The molecule has 1 aromatic carbocycles. The molecule has 1 rings (SSSR count). The summed E-state index contributed by atoms with van der Waals surface area (Å²) in [6, 6.07) is 8.66. The second kappa shape index (κ2) is 8.51. The largest absolute Gasteiger partial charge is 0.461 e. The van der Waals surface area contributed by atoms with Gasteiger partial charge in [-0.05, 0) is 32.8 Å². The van der Waals surface area contributed by atoms with Crippen LogP contribution in [0.15, 0.2) is 30.3 Å². The number of hydrogen-bond acceptors (Lipinski definition) is 5. The third-order valence-corrected chi connectivity index (χ3v) is 2.73. The molecule has 0 fully saturated rings. The van der Waals surface area contributed by atoms with Gasteiger partial charge in [0.1, 0.15) is 12.6 Å². The Kier molecular flexibility index (Phi) is 7.01. The van der Waals surface area contributed by atoms with Crippen molar-refractivity contribution in [3.05, 3.63) is 35.9 Å². The molecule has 1 aromatic rings. The Morgan fingerprint density at radius 1 is 1.23 bits per heavy atom. The highest BCUT2D eigenvalue weighted by atomic mass is 16.7. The lowest BCUT2D eigenvalue weighted by Crippen LogP contribution is -2.44. The first-order chi connectivity index (χ1) is 10.3. The van der Waals surface area contributed by atoms with E-state index in [1.54, 1.807) is 0 Å². The molecule has 1 atom stereocenters. The second-order valence-electron chi connectivity index (χ2n) is 5.97. The molecule has 0 aliphatic rings. The van der Waals surface area contributed by atoms with E-state index in [-0.39, 0.29) is 25.4 Å². The number of amides is 1. The van der Waals surface area contributed by atoms with Crippen LogP contribution >= 0.6 is 0 Å². The van der Waals surface area contributed by atoms with E-state index >= 15 is 0 Å². The van der Waals surface area contributed by atoms with E-state index in [0.29, 0.717) is 0 Å².